The number of carbonyl (C=O) groups excluding carboxylic acids is 2. The van der Waals surface area contributed by atoms with Gasteiger partial charge in [-0.25, -0.2) is 4.79 Å². The first kappa shape index (κ1) is 12.2. The minimum atomic E-state index is -0.289. The molecule has 1 radical (unpaired) electrons. The van der Waals surface area contributed by atoms with Crippen molar-refractivity contribution >= 4 is 12.3 Å². The van der Waals surface area contributed by atoms with Gasteiger partial charge in [0.05, 0.1) is 6.04 Å². The van der Waals surface area contributed by atoms with E-state index in [9.17, 15) is 9.59 Å². The summed E-state index contributed by atoms with van der Waals surface area (Å²) in [7, 11) is 0. The van der Waals surface area contributed by atoms with E-state index in [4.69, 9.17) is 4.74 Å². The lowest BCUT2D eigenvalue weighted by Crippen LogP contribution is -2.51. The van der Waals surface area contributed by atoms with Crippen LogP contribution in [0, 0.1) is 5.92 Å². The molecule has 4 nitrogen and oxygen atoms in total. The van der Waals surface area contributed by atoms with Crippen LogP contribution in [0.25, 0.3) is 0 Å². The summed E-state index contributed by atoms with van der Waals surface area (Å²) in [5, 5.41) is 3.24. The molecule has 1 aliphatic heterocycles. The van der Waals surface area contributed by atoms with E-state index in [1.807, 2.05) is 6.92 Å². The fraction of sp³-hybridized carbons (Fsp3) is 0.818. The molecule has 0 aromatic heterocycles. The molecule has 0 saturated carbocycles. The molecule has 1 aliphatic rings. The highest BCUT2D eigenvalue weighted by atomic mass is 16.5. The van der Waals surface area contributed by atoms with E-state index in [0.29, 0.717) is 6.42 Å². The normalized spacial score (nSPS) is 28.1. The summed E-state index contributed by atoms with van der Waals surface area (Å²) in [6.07, 6.45) is 2.14. The summed E-state index contributed by atoms with van der Waals surface area (Å²) in [4.78, 5) is 21.8. The summed E-state index contributed by atoms with van der Waals surface area (Å²) in [6, 6.07) is -0.0485. The van der Waals surface area contributed by atoms with Crippen molar-refractivity contribution in [2.45, 2.75) is 45.3 Å². The quantitative estimate of drug-likeness (QED) is 0.732. The Labute approximate surface area is 90.4 Å². The van der Waals surface area contributed by atoms with Crippen LogP contribution in [-0.4, -0.2) is 30.9 Å². The zero-order valence-corrected chi connectivity index (χ0v) is 9.29. The summed E-state index contributed by atoms with van der Waals surface area (Å²) in [5.74, 6) is 0.223. The van der Waals surface area contributed by atoms with E-state index < -0.39 is 0 Å². The highest BCUT2D eigenvalue weighted by Crippen LogP contribution is 2.22. The number of hydrogen-bond donors (Lipinski definition) is 1. The van der Waals surface area contributed by atoms with Crippen molar-refractivity contribution in [3.8, 4) is 0 Å². The number of nitrogens with one attached hydrogen (secondary N) is 1. The Kier molecular flexibility index (Phi) is 4.75. The van der Waals surface area contributed by atoms with Gasteiger partial charge in [0.15, 0.2) is 0 Å². The number of carbonyl (C=O) groups is 1. The van der Waals surface area contributed by atoms with Crippen LogP contribution in [0.2, 0.25) is 0 Å². The van der Waals surface area contributed by atoms with Crippen LogP contribution in [0.3, 0.4) is 0 Å². The number of ketones is 1. The summed E-state index contributed by atoms with van der Waals surface area (Å²) in [6.45, 7) is 5.98. The second-order valence-corrected chi connectivity index (χ2v) is 3.95. The minimum Gasteiger partial charge on any atom is -0.453 e. The molecule has 1 rings (SSSR count). The van der Waals surface area contributed by atoms with Gasteiger partial charge in [0.2, 0.25) is 0 Å². The van der Waals surface area contributed by atoms with E-state index in [2.05, 4.69) is 5.32 Å². The molecule has 1 heterocycles. The Balaban J connectivity index is 2.64. The molecule has 0 aromatic rings. The van der Waals surface area contributed by atoms with E-state index in [0.717, 1.165) is 19.4 Å². The number of Topliss-reactive ketones (excluding diaryl/α,β-unsaturated/α-hetero) is 1. The second-order valence-electron chi connectivity index (χ2n) is 3.95. The minimum absolute atomic E-state index is 0.0212. The number of hydrogen-bond acceptors (Lipinski definition) is 4. The van der Waals surface area contributed by atoms with Gasteiger partial charge in [-0.2, -0.15) is 0 Å². The van der Waals surface area contributed by atoms with Gasteiger partial charge in [-0.05, 0) is 26.3 Å². The Morgan fingerprint density at radius 3 is 3.00 bits per heavy atom. The van der Waals surface area contributed by atoms with E-state index in [1.165, 1.54) is 6.47 Å². The average Bonchev–Trinajstić information content (AvgIpc) is 2.28. The fourth-order valence-electron chi connectivity index (χ4n) is 2.18. The van der Waals surface area contributed by atoms with Crippen LogP contribution < -0.4 is 5.32 Å². The molecule has 1 fully saturated rings. The molecule has 85 valence electrons. The van der Waals surface area contributed by atoms with E-state index in [-0.39, 0.29) is 23.8 Å². The smallest absolute Gasteiger partial charge is 0.417 e. The van der Waals surface area contributed by atoms with Crippen LogP contribution in [-0.2, 0) is 14.3 Å². The molecule has 0 aromatic carbocycles. The molecule has 1 saturated heterocycles. The summed E-state index contributed by atoms with van der Waals surface area (Å²) < 4.78 is 4.79. The molecule has 0 bridgehead atoms. The van der Waals surface area contributed by atoms with Crippen molar-refractivity contribution < 1.29 is 14.3 Å². The maximum absolute atomic E-state index is 11.7. The van der Waals surface area contributed by atoms with Crippen LogP contribution >= 0.6 is 0 Å². The van der Waals surface area contributed by atoms with Gasteiger partial charge in [-0.3, -0.25) is 4.79 Å². The standard InChI is InChI=1S/C11H18NO3/c1-3-10(14)9-5-4-6-12-11(9)8(2)15-7-13/h8-9,11-12H,3-6H2,1-2H3. The largest absolute Gasteiger partial charge is 0.453 e. The van der Waals surface area contributed by atoms with Crippen LogP contribution in [0.1, 0.15) is 33.1 Å². The zero-order valence-electron chi connectivity index (χ0n) is 9.29. The third kappa shape index (κ3) is 3.02. The lowest BCUT2D eigenvalue weighted by Gasteiger charge is -2.34. The van der Waals surface area contributed by atoms with Crippen molar-refractivity contribution in [1.29, 1.82) is 0 Å². The van der Waals surface area contributed by atoms with Crippen LogP contribution in [0.5, 0.6) is 0 Å². The molecule has 4 heteroatoms. The Bertz CT molecular complexity index is 230. The van der Waals surface area contributed by atoms with Crippen molar-refractivity contribution in [2.75, 3.05) is 6.54 Å². The predicted octanol–water partition coefficient (Wildman–Crippen LogP) is 0.806. The topological polar surface area (TPSA) is 55.4 Å². The van der Waals surface area contributed by atoms with Crippen molar-refractivity contribution in [3.63, 3.8) is 0 Å². The van der Waals surface area contributed by atoms with E-state index in [1.54, 1.807) is 6.92 Å². The van der Waals surface area contributed by atoms with Gasteiger partial charge in [0.1, 0.15) is 11.9 Å². The Morgan fingerprint density at radius 1 is 1.67 bits per heavy atom. The fourth-order valence-corrected chi connectivity index (χ4v) is 2.18. The van der Waals surface area contributed by atoms with Crippen molar-refractivity contribution in [3.05, 3.63) is 0 Å². The monoisotopic (exact) mass is 212 g/mol. The third-order valence-electron chi connectivity index (χ3n) is 3.01. The first-order valence-electron chi connectivity index (χ1n) is 5.49. The van der Waals surface area contributed by atoms with Crippen LogP contribution in [0.4, 0.5) is 0 Å². The Hall–Kier alpha value is -0.900. The molecule has 3 atom stereocenters. The molecular formula is C11H18NO3. The molecular weight excluding hydrogens is 194 g/mol. The van der Waals surface area contributed by atoms with Gasteiger partial charge in [-0.15, -0.1) is 0 Å². The predicted molar refractivity (Wildman–Crippen MR) is 56.1 cm³/mol. The molecule has 1 N–H and O–H groups in total. The number of piperidine rings is 1. The van der Waals surface area contributed by atoms with Crippen molar-refractivity contribution in [2.24, 2.45) is 5.92 Å². The molecule has 0 aliphatic carbocycles. The molecule has 0 spiro atoms. The summed E-state index contributed by atoms with van der Waals surface area (Å²) in [5.41, 5.74) is 0. The lowest BCUT2D eigenvalue weighted by atomic mass is 9.84. The summed E-state index contributed by atoms with van der Waals surface area (Å²) >= 11 is 0. The maximum Gasteiger partial charge on any atom is 0.417 e. The zero-order chi connectivity index (χ0) is 11.3. The lowest BCUT2D eigenvalue weighted by molar-refractivity contribution is -0.125. The van der Waals surface area contributed by atoms with Gasteiger partial charge < -0.3 is 10.1 Å². The first-order valence-corrected chi connectivity index (χ1v) is 5.49. The Morgan fingerprint density at radius 2 is 2.40 bits per heavy atom. The number of rotatable bonds is 5. The van der Waals surface area contributed by atoms with Gasteiger partial charge in [0, 0.05) is 12.3 Å². The second kappa shape index (κ2) is 5.85. The van der Waals surface area contributed by atoms with Gasteiger partial charge in [-0.1, -0.05) is 6.92 Å². The highest BCUT2D eigenvalue weighted by molar-refractivity contribution is 5.81. The molecule has 15 heavy (non-hydrogen) atoms. The van der Waals surface area contributed by atoms with Crippen molar-refractivity contribution in [1.82, 2.24) is 5.32 Å². The third-order valence-corrected chi connectivity index (χ3v) is 3.01. The maximum atomic E-state index is 11.7. The number of ether oxygens (including phenoxy) is 1. The SMILES string of the molecule is CCC(=O)C1CCCNC1C(C)O[C]=O. The first-order chi connectivity index (χ1) is 7.20. The van der Waals surface area contributed by atoms with Gasteiger partial charge >= 0.3 is 6.47 Å². The van der Waals surface area contributed by atoms with Gasteiger partial charge in [0.25, 0.3) is 0 Å². The highest BCUT2D eigenvalue weighted by Gasteiger charge is 2.34. The molecule has 3 unspecified atom stereocenters. The molecule has 0 amide bonds. The average molecular weight is 212 g/mol. The van der Waals surface area contributed by atoms with Crippen LogP contribution in [0.15, 0.2) is 0 Å². The van der Waals surface area contributed by atoms with E-state index >= 15 is 0 Å².